The van der Waals surface area contributed by atoms with E-state index in [1.54, 1.807) is 31.2 Å². The van der Waals surface area contributed by atoms with Crippen molar-refractivity contribution < 1.29 is 14.4 Å². The minimum atomic E-state index is -0.178. The molecular weight excluding hydrogens is 536 g/mol. The Bertz CT molecular complexity index is 1800. The maximum Gasteiger partial charge on any atom is 0.261 e. The van der Waals surface area contributed by atoms with Crippen LogP contribution >= 0.6 is 0 Å². The van der Waals surface area contributed by atoms with Gasteiger partial charge in [-0.3, -0.25) is 24.1 Å². The number of carbonyl (C=O) groups is 3. The number of H-pyrrole nitrogens is 1. The molecule has 1 aromatic heterocycles. The van der Waals surface area contributed by atoms with Crippen LogP contribution in [0.15, 0.2) is 89.7 Å². The summed E-state index contributed by atoms with van der Waals surface area (Å²) in [5, 5.41) is 1.31. The summed E-state index contributed by atoms with van der Waals surface area (Å²) in [5.41, 5.74) is 5.94. The van der Waals surface area contributed by atoms with Crippen molar-refractivity contribution in [3.8, 4) is 0 Å². The Labute approximate surface area is 253 Å². The van der Waals surface area contributed by atoms with Crippen molar-refractivity contribution in [3.63, 3.8) is 0 Å². The molecule has 1 N–H and O–H groups in total. The maximum atomic E-state index is 12.8. The molecule has 2 amide bonds. The van der Waals surface area contributed by atoms with Crippen molar-refractivity contribution in [2.75, 3.05) is 6.54 Å². The van der Waals surface area contributed by atoms with E-state index in [-0.39, 0.29) is 23.0 Å². The van der Waals surface area contributed by atoms with E-state index in [0.717, 1.165) is 22.2 Å². The number of aromatic nitrogens is 1. The molecule has 7 rings (SSSR count). The fourth-order valence-electron chi connectivity index (χ4n) is 5.15. The molecule has 4 aromatic carbocycles. The Hall–Kier alpha value is -4.84. The lowest BCUT2D eigenvalue weighted by atomic mass is 9.84. The quantitative estimate of drug-likeness (QED) is 0.158. The number of nitrogens with zero attached hydrogens (tertiary/aromatic N) is 1. The molecule has 0 bridgehead atoms. The van der Waals surface area contributed by atoms with Gasteiger partial charge in [-0.2, -0.15) is 0 Å². The predicted octanol–water partition coefficient (Wildman–Crippen LogP) is 8.20. The maximum absolute atomic E-state index is 12.8. The number of para-hydroxylation sites is 1. The lowest BCUT2D eigenvalue weighted by molar-refractivity contribution is 0.0662. The van der Waals surface area contributed by atoms with E-state index in [1.807, 2.05) is 102 Å². The van der Waals surface area contributed by atoms with Gasteiger partial charge in [0.15, 0.2) is 11.2 Å². The molecule has 5 aromatic rings. The number of imide groups is 1. The second-order valence-electron chi connectivity index (χ2n) is 9.12. The highest BCUT2D eigenvalue weighted by atomic mass is 16.2. The second-order valence-corrected chi connectivity index (χ2v) is 9.12. The van der Waals surface area contributed by atoms with Gasteiger partial charge in [-0.25, -0.2) is 0 Å². The molecule has 2 aliphatic rings. The summed E-state index contributed by atoms with van der Waals surface area (Å²) in [6.07, 6.45) is 0.680. The van der Waals surface area contributed by atoms with Gasteiger partial charge in [0.1, 0.15) is 0 Å². The molecule has 6 nitrogen and oxygen atoms in total. The van der Waals surface area contributed by atoms with Crippen LogP contribution in [0.2, 0.25) is 0 Å². The van der Waals surface area contributed by atoms with Crippen LogP contribution < -0.4 is 5.43 Å². The molecule has 2 heterocycles. The first-order valence-electron chi connectivity index (χ1n) is 15.1. The molecule has 0 atom stereocenters. The van der Waals surface area contributed by atoms with Crippen LogP contribution in [0.4, 0.5) is 0 Å². The van der Waals surface area contributed by atoms with Crippen molar-refractivity contribution in [3.05, 3.63) is 129 Å². The summed E-state index contributed by atoms with van der Waals surface area (Å²) in [6.45, 7) is 14.2. The predicted molar refractivity (Wildman–Crippen MR) is 176 cm³/mol. The van der Waals surface area contributed by atoms with Gasteiger partial charge in [0.25, 0.3) is 11.8 Å². The number of amides is 2. The molecule has 0 unspecified atom stereocenters. The van der Waals surface area contributed by atoms with Crippen LogP contribution in [0, 0.1) is 0 Å². The van der Waals surface area contributed by atoms with Gasteiger partial charge in [0, 0.05) is 34.0 Å². The minimum Gasteiger partial charge on any atom is -0.354 e. The molecule has 0 fully saturated rings. The van der Waals surface area contributed by atoms with Gasteiger partial charge in [-0.1, -0.05) is 90.1 Å². The summed E-state index contributed by atoms with van der Waals surface area (Å²) in [5.74, 6) is -0.325. The summed E-state index contributed by atoms with van der Waals surface area (Å²) in [4.78, 5) is 53.2. The number of rotatable bonds is 1. The second kappa shape index (κ2) is 14.9. The van der Waals surface area contributed by atoms with Crippen molar-refractivity contribution in [2.45, 2.75) is 54.9 Å². The number of hydrogen-bond acceptors (Lipinski definition) is 4. The normalized spacial score (nSPS) is 12.3. The third-order valence-corrected chi connectivity index (χ3v) is 7.01. The number of nitrogens with one attached hydrogen (secondary N) is 1. The van der Waals surface area contributed by atoms with E-state index < -0.39 is 0 Å². The van der Waals surface area contributed by atoms with E-state index in [4.69, 9.17) is 0 Å². The van der Waals surface area contributed by atoms with Crippen molar-refractivity contribution in [2.24, 2.45) is 0 Å². The number of hydrogen-bond donors (Lipinski definition) is 1. The Morgan fingerprint density at radius 1 is 0.581 bits per heavy atom. The van der Waals surface area contributed by atoms with Crippen molar-refractivity contribution >= 4 is 39.4 Å². The molecule has 0 saturated carbocycles. The molecule has 43 heavy (non-hydrogen) atoms. The first-order valence-corrected chi connectivity index (χ1v) is 15.1. The van der Waals surface area contributed by atoms with Crippen molar-refractivity contribution in [1.29, 1.82) is 0 Å². The number of benzene rings is 4. The number of fused-ring (bicyclic) bond motifs is 5. The molecule has 0 spiro atoms. The number of carbonyl (C=O) groups excluding carboxylic acids is 3. The standard InChI is InChI=1S/C21H13NO2.C10H9NO2.3C2H6/c23-20-14-6-2-1-5-12(14)9-13-10-17-19(11-16(13)20)22-18-8-4-3-7-15(18)21(17)24;1-2-11-9(12)7-5-3-4-6-8(7)10(11)13;3*1-2/h1-8,10-11H,9H2,(H,22,24);3-6H,2H2,1H3;3*1-2H3. The monoisotopic (exact) mass is 576 g/mol. The van der Waals surface area contributed by atoms with Gasteiger partial charge < -0.3 is 4.98 Å². The fraction of sp³-hybridized carbons (Fsp3) is 0.243. The Morgan fingerprint density at radius 3 is 1.72 bits per heavy atom. The highest BCUT2D eigenvalue weighted by molar-refractivity contribution is 6.21. The minimum absolute atomic E-state index is 0.00783. The van der Waals surface area contributed by atoms with Crippen LogP contribution in [-0.2, 0) is 6.42 Å². The van der Waals surface area contributed by atoms with Gasteiger partial charge in [-0.15, -0.1) is 0 Å². The fourth-order valence-corrected chi connectivity index (χ4v) is 5.15. The summed E-state index contributed by atoms with van der Waals surface area (Å²) >= 11 is 0. The van der Waals surface area contributed by atoms with Crippen LogP contribution in [0.1, 0.15) is 96.2 Å². The summed E-state index contributed by atoms with van der Waals surface area (Å²) < 4.78 is 0. The van der Waals surface area contributed by atoms with E-state index in [1.165, 1.54) is 4.90 Å². The molecule has 6 heteroatoms. The van der Waals surface area contributed by atoms with Gasteiger partial charge in [0.2, 0.25) is 0 Å². The number of ketones is 1. The highest BCUT2D eigenvalue weighted by Gasteiger charge is 2.33. The Balaban J connectivity index is 0.000000227. The lowest BCUT2D eigenvalue weighted by Gasteiger charge is -2.19. The molecule has 0 radical (unpaired) electrons. The molecular formula is C37H40N2O4. The first-order chi connectivity index (χ1) is 21.0. The van der Waals surface area contributed by atoms with Crippen LogP contribution in [0.5, 0.6) is 0 Å². The van der Waals surface area contributed by atoms with Gasteiger partial charge in [-0.05, 0) is 60.9 Å². The lowest BCUT2D eigenvalue weighted by Crippen LogP contribution is -2.29. The number of pyridine rings is 1. The molecule has 0 saturated heterocycles. The highest BCUT2D eigenvalue weighted by Crippen LogP contribution is 2.30. The van der Waals surface area contributed by atoms with Gasteiger partial charge in [0.05, 0.1) is 16.6 Å². The van der Waals surface area contributed by atoms with E-state index in [2.05, 4.69) is 4.98 Å². The summed E-state index contributed by atoms with van der Waals surface area (Å²) in [6, 6.07) is 25.8. The van der Waals surface area contributed by atoms with Crippen LogP contribution in [-0.4, -0.2) is 34.0 Å². The zero-order valence-electron chi connectivity index (χ0n) is 26.1. The SMILES string of the molecule is CC.CC.CC.CCN1C(=O)c2ccccc2C1=O.O=C1c2ccccc2Cc2cc3c(=O)c4ccccc4[nH]c3cc21. The van der Waals surface area contributed by atoms with Crippen molar-refractivity contribution in [1.82, 2.24) is 9.88 Å². The van der Waals surface area contributed by atoms with E-state index in [9.17, 15) is 19.2 Å². The molecule has 1 aliphatic carbocycles. The number of aromatic amines is 1. The van der Waals surface area contributed by atoms with Gasteiger partial charge >= 0.3 is 0 Å². The van der Waals surface area contributed by atoms with E-state index >= 15 is 0 Å². The Morgan fingerprint density at radius 2 is 1.12 bits per heavy atom. The third kappa shape index (κ3) is 6.19. The smallest absolute Gasteiger partial charge is 0.261 e. The van der Waals surface area contributed by atoms with Crippen LogP contribution in [0.3, 0.4) is 0 Å². The largest absolute Gasteiger partial charge is 0.354 e. The zero-order valence-corrected chi connectivity index (χ0v) is 26.1. The molecule has 1 aliphatic heterocycles. The van der Waals surface area contributed by atoms with Crippen LogP contribution in [0.25, 0.3) is 21.8 Å². The topological polar surface area (TPSA) is 87.3 Å². The summed E-state index contributed by atoms with van der Waals surface area (Å²) in [7, 11) is 0. The zero-order chi connectivity index (χ0) is 31.7. The van der Waals surface area contributed by atoms with E-state index in [0.29, 0.717) is 45.9 Å². The first kappa shape index (κ1) is 32.7. The average molecular weight is 577 g/mol. The molecule has 222 valence electrons. The average Bonchev–Trinajstić information content (AvgIpc) is 3.32. The third-order valence-electron chi connectivity index (χ3n) is 7.01. The Kier molecular flexibility index (Phi) is 11.3.